The number of nitrogens with zero attached hydrogens (tertiary/aromatic N) is 1. The van der Waals surface area contributed by atoms with Crippen molar-refractivity contribution in [3.05, 3.63) is 90.0 Å². The minimum atomic E-state index is -0.493. The number of aliphatic hydroxyl groups is 1. The third-order valence-electron chi connectivity index (χ3n) is 6.48. The average Bonchev–Trinajstić information content (AvgIpc) is 3.35. The summed E-state index contributed by atoms with van der Waals surface area (Å²) in [7, 11) is 0. The van der Waals surface area contributed by atoms with Crippen LogP contribution in [0.25, 0.3) is 32.6 Å². The van der Waals surface area contributed by atoms with Crippen LogP contribution in [0.5, 0.6) is 0 Å². The molecule has 4 aromatic carbocycles. The van der Waals surface area contributed by atoms with E-state index in [0.29, 0.717) is 13.1 Å². The maximum absolute atomic E-state index is 10.9. The number of anilines is 1. The quantitative estimate of drug-likeness (QED) is 0.413. The summed E-state index contributed by atoms with van der Waals surface area (Å²) in [6.45, 7) is 1.07. The first kappa shape index (κ1) is 17.5. The highest BCUT2D eigenvalue weighted by Gasteiger charge is 2.17. The summed E-state index contributed by atoms with van der Waals surface area (Å²) in [6.07, 6.45) is 1.77. The molecule has 1 heterocycles. The van der Waals surface area contributed by atoms with Crippen molar-refractivity contribution in [1.82, 2.24) is 4.57 Å². The van der Waals surface area contributed by atoms with Crippen LogP contribution < -0.4 is 5.32 Å². The van der Waals surface area contributed by atoms with E-state index in [0.717, 1.165) is 18.5 Å². The molecule has 5 aromatic rings. The molecule has 3 heteroatoms. The van der Waals surface area contributed by atoms with E-state index in [1.54, 1.807) is 0 Å². The van der Waals surface area contributed by atoms with Crippen LogP contribution >= 0.6 is 0 Å². The number of fused-ring (bicyclic) bond motifs is 3. The Morgan fingerprint density at radius 1 is 0.733 bits per heavy atom. The molecule has 1 aromatic heterocycles. The van der Waals surface area contributed by atoms with E-state index in [-0.39, 0.29) is 0 Å². The van der Waals surface area contributed by atoms with Gasteiger partial charge in [0.25, 0.3) is 0 Å². The van der Waals surface area contributed by atoms with Gasteiger partial charge >= 0.3 is 0 Å². The highest BCUT2D eigenvalue weighted by Crippen LogP contribution is 2.35. The van der Waals surface area contributed by atoms with Crippen LogP contribution in [0.1, 0.15) is 11.1 Å². The van der Waals surface area contributed by atoms with E-state index in [9.17, 15) is 5.11 Å². The van der Waals surface area contributed by atoms with Gasteiger partial charge in [-0.05, 0) is 47.6 Å². The summed E-state index contributed by atoms with van der Waals surface area (Å²) >= 11 is 0. The number of nitrogens with one attached hydrogen (secondary N) is 1. The molecule has 0 fully saturated rings. The van der Waals surface area contributed by atoms with Gasteiger partial charge in [0.05, 0.1) is 12.6 Å². The SMILES string of the molecule is OC(CNc1ccc2c3c(cccc13)CC2)Cn1c2ccccc2c2ccccc21. The van der Waals surface area contributed by atoms with Crippen LogP contribution in [0.3, 0.4) is 0 Å². The van der Waals surface area contributed by atoms with Crippen molar-refractivity contribution in [3.63, 3.8) is 0 Å². The minimum Gasteiger partial charge on any atom is -0.389 e. The first-order valence-electron chi connectivity index (χ1n) is 10.7. The maximum atomic E-state index is 10.9. The Morgan fingerprint density at radius 3 is 2.10 bits per heavy atom. The van der Waals surface area contributed by atoms with E-state index in [4.69, 9.17) is 0 Å². The molecule has 0 amide bonds. The second kappa shape index (κ2) is 6.89. The number of aryl methyl sites for hydroxylation is 2. The zero-order chi connectivity index (χ0) is 20.1. The largest absolute Gasteiger partial charge is 0.389 e. The molecule has 148 valence electrons. The van der Waals surface area contributed by atoms with Gasteiger partial charge < -0.3 is 15.0 Å². The summed E-state index contributed by atoms with van der Waals surface area (Å²) in [5, 5.41) is 19.6. The minimum absolute atomic E-state index is 0.493. The lowest BCUT2D eigenvalue weighted by molar-refractivity contribution is 0.169. The van der Waals surface area contributed by atoms with Crippen molar-refractivity contribution in [2.45, 2.75) is 25.5 Å². The molecule has 3 nitrogen and oxygen atoms in total. The van der Waals surface area contributed by atoms with Gasteiger partial charge in [0.15, 0.2) is 0 Å². The second-order valence-corrected chi connectivity index (χ2v) is 8.29. The zero-order valence-electron chi connectivity index (χ0n) is 16.8. The smallest absolute Gasteiger partial charge is 0.0891 e. The lowest BCUT2D eigenvalue weighted by Gasteiger charge is -2.17. The summed E-state index contributed by atoms with van der Waals surface area (Å²) in [4.78, 5) is 0. The molecule has 0 bridgehead atoms. The number of benzene rings is 4. The molecule has 1 aliphatic rings. The number of para-hydroxylation sites is 2. The normalized spacial score (nSPS) is 14.0. The van der Waals surface area contributed by atoms with Crippen LogP contribution in [0, 0.1) is 0 Å². The number of aliphatic hydroxyl groups excluding tert-OH is 1. The van der Waals surface area contributed by atoms with Crippen molar-refractivity contribution in [3.8, 4) is 0 Å². The van der Waals surface area contributed by atoms with Crippen LogP contribution in [0.2, 0.25) is 0 Å². The van der Waals surface area contributed by atoms with E-state index in [2.05, 4.69) is 88.7 Å². The lowest BCUT2D eigenvalue weighted by Crippen LogP contribution is -2.25. The van der Waals surface area contributed by atoms with Crippen LogP contribution in [-0.2, 0) is 19.4 Å². The monoisotopic (exact) mass is 392 g/mol. The molecule has 30 heavy (non-hydrogen) atoms. The summed E-state index contributed by atoms with van der Waals surface area (Å²) in [5.74, 6) is 0. The Morgan fingerprint density at radius 2 is 1.37 bits per heavy atom. The molecule has 0 radical (unpaired) electrons. The summed E-state index contributed by atoms with van der Waals surface area (Å²) < 4.78 is 2.24. The van der Waals surface area contributed by atoms with Crippen molar-refractivity contribution in [2.24, 2.45) is 0 Å². The van der Waals surface area contributed by atoms with Crippen LogP contribution in [-0.4, -0.2) is 22.3 Å². The Kier molecular flexibility index (Phi) is 4.03. The van der Waals surface area contributed by atoms with Gasteiger partial charge in [-0.1, -0.05) is 60.7 Å². The third-order valence-corrected chi connectivity index (χ3v) is 6.48. The van der Waals surface area contributed by atoms with Crippen LogP contribution in [0.15, 0.2) is 78.9 Å². The Hall–Kier alpha value is -3.30. The molecular weight excluding hydrogens is 368 g/mol. The topological polar surface area (TPSA) is 37.2 Å². The Balaban J connectivity index is 1.29. The molecular formula is C27H24N2O. The fourth-order valence-corrected chi connectivity index (χ4v) is 5.10. The molecule has 1 aliphatic carbocycles. The maximum Gasteiger partial charge on any atom is 0.0891 e. The van der Waals surface area contributed by atoms with Crippen molar-refractivity contribution < 1.29 is 5.11 Å². The molecule has 0 saturated carbocycles. The van der Waals surface area contributed by atoms with Gasteiger partial charge in [0.1, 0.15) is 0 Å². The van der Waals surface area contributed by atoms with Crippen molar-refractivity contribution in [2.75, 3.05) is 11.9 Å². The van der Waals surface area contributed by atoms with E-state index in [1.807, 2.05) is 0 Å². The molecule has 6 rings (SSSR count). The number of aromatic nitrogens is 1. The number of rotatable bonds is 5. The molecule has 1 atom stereocenters. The van der Waals surface area contributed by atoms with Gasteiger partial charge in [-0.15, -0.1) is 0 Å². The molecule has 0 spiro atoms. The fourth-order valence-electron chi connectivity index (χ4n) is 5.10. The van der Waals surface area contributed by atoms with Gasteiger partial charge in [-0.3, -0.25) is 0 Å². The zero-order valence-corrected chi connectivity index (χ0v) is 16.8. The van der Waals surface area contributed by atoms with E-state index >= 15 is 0 Å². The fraction of sp³-hybridized carbons (Fsp3) is 0.185. The van der Waals surface area contributed by atoms with Crippen LogP contribution in [0.4, 0.5) is 5.69 Å². The lowest BCUT2D eigenvalue weighted by atomic mass is 10.0. The predicted molar refractivity (Wildman–Crippen MR) is 125 cm³/mol. The predicted octanol–water partition coefficient (Wildman–Crippen LogP) is 5.52. The second-order valence-electron chi connectivity index (χ2n) is 8.29. The number of hydrogen-bond acceptors (Lipinski definition) is 2. The highest BCUT2D eigenvalue weighted by atomic mass is 16.3. The van der Waals surface area contributed by atoms with Gasteiger partial charge in [0.2, 0.25) is 0 Å². The average molecular weight is 393 g/mol. The Labute approximate surface area is 175 Å². The summed E-state index contributed by atoms with van der Waals surface area (Å²) in [6, 6.07) is 27.8. The van der Waals surface area contributed by atoms with E-state index in [1.165, 1.54) is 43.7 Å². The van der Waals surface area contributed by atoms with Gasteiger partial charge in [-0.25, -0.2) is 0 Å². The van der Waals surface area contributed by atoms with Crippen molar-refractivity contribution >= 4 is 38.3 Å². The highest BCUT2D eigenvalue weighted by molar-refractivity contribution is 6.08. The molecule has 2 N–H and O–H groups in total. The molecule has 1 unspecified atom stereocenters. The third kappa shape index (κ3) is 2.70. The van der Waals surface area contributed by atoms with Crippen molar-refractivity contribution in [1.29, 1.82) is 0 Å². The molecule has 0 saturated heterocycles. The molecule has 0 aliphatic heterocycles. The Bertz CT molecular complexity index is 1340. The van der Waals surface area contributed by atoms with E-state index < -0.39 is 6.10 Å². The standard InChI is InChI=1S/C27H24N2O/c30-20(16-28-24-15-14-19-13-12-18-6-5-9-23(24)27(18)19)17-29-25-10-3-1-7-21(25)22-8-2-4-11-26(22)29/h1-11,14-15,20,28,30H,12-13,16-17H2. The summed E-state index contributed by atoms with van der Waals surface area (Å²) in [5.41, 5.74) is 6.33. The number of hydrogen-bond donors (Lipinski definition) is 2. The van der Waals surface area contributed by atoms with Gasteiger partial charge in [0, 0.05) is 39.4 Å². The van der Waals surface area contributed by atoms with Gasteiger partial charge in [-0.2, -0.15) is 0 Å². The first-order valence-corrected chi connectivity index (χ1v) is 10.7. The first-order chi connectivity index (χ1) is 14.8.